The van der Waals surface area contributed by atoms with Crippen LogP contribution in [0, 0.1) is 23.5 Å². The van der Waals surface area contributed by atoms with Gasteiger partial charge >= 0.3 is 0 Å². The van der Waals surface area contributed by atoms with E-state index < -0.39 is 11.6 Å². The van der Waals surface area contributed by atoms with Crippen molar-refractivity contribution in [2.45, 2.75) is 31.1 Å². The van der Waals surface area contributed by atoms with Crippen LogP contribution in [0.3, 0.4) is 0 Å². The third-order valence-electron chi connectivity index (χ3n) is 6.19. The molecule has 3 aliphatic rings. The molecule has 138 valence electrons. The average Bonchev–Trinajstić information content (AvgIpc) is 3.21. The SMILES string of the molecule is COc1ccc(F)c(F)c1CN1C[C@@H]2[C@H](CN(C)C)[C@H]3CC[C@]2(C1)O3. The van der Waals surface area contributed by atoms with Gasteiger partial charge in [-0.05, 0) is 39.1 Å². The van der Waals surface area contributed by atoms with Crippen LogP contribution in [0.25, 0.3) is 0 Å². The monoisotopic (exact) mass is 352 g/mol. The minimum Gasteiger partial charge on any atom is -0.496 e. The number of hydrogen-bond acceptors (Lipinski definition) is 4. The minimum absolute atomic E-state index is 0.0949. The summed E-state index contributed by atoms with van der Waals surface area (Å²) in [7, 11) is 5.68. The summed E-state index contributed by atoms with van der Waals surface area (Å²) in [6.45, 7) is 3.03. The molecule has 2 bridgehead atoms. The van der Waals surface area contributed by atoms with Gasteiger partial charge in [0.05, 0.1) is 18.8 Å². The van der Waals surface area contributed by atoms with Crippen LogP contribution in [-0.2, 0) is 11.3 Å². The summed E-state index contributed by atoms with van der Waals surface area (Å²) in [6, 6.07) is 2.62. The Balaban J connectivity index is 1.55. The number of likely N-dealkylation sites (tertiary alicyclic amines) is 1. The van der Waals surface area contributed by atoms with Gasteiger partial charge in [-0.2, -0.15) is 0 Å². The average molecular weight is 352 g/mol. The van der Waals surface area contributed by atoms with E-state index in [4.69, 9.17) is 9.47 Å². The van der Waals surface area contributed by atoms with Crippen LogP contribution in [0.2, 0.25) is 0 Å². The van der Waals surface area contributed by atoms with Gasteiger partial charge in [-0.3, -0.25) is 4.90 Å². The molecular formula is C19H26F2N2O2. The fourth-order valence-corrected chi connectivity index (χ4v) is 5.21. The minimum atomic E-state index is -0.823. The van der Waals surface area contributed by atoms with Gasteiger partial charge in [-0.25, -0.2) is 8.78 Å². The van der Waals surface area contributed by atoms with Crippen LogP contribution in [-0.4, -0.2) is 62.3 Å². The summed E-state index contributed by atoms with van der Waals surface area (Å²) in [5.74, 6) is -0.229. The molecule has 6 heteroatoms. The molecule has 1 aromatic rings. The fourth-order valence-electron chi connectivity index (χ4n) is 5.21. The molecule has 3 saturated heterocycles. The lowest BCUT2D eigenvalue weighted by Gasteiger charge is -2.31. The zero-order chi connectivity index (χ0) is 17.8. The van der Waals surface area contributed by atoms with Gasteiger partial charge < -0.3 is 14.4 Å². The van der Waals surface area contributed by atoms with Gasteiger partial charge in [0.2, 0.25) is 0 Å². The Labute approximate surface area is 147 Å². The highest BCUT2D eigenvalue weighted by Crippen LogP contribution is 2.55. The van der Waals surface area contributed by atoms with Crippen LogP contribution in [0.5, 0.6) is 5.75 Å². The van der Waals surface area contributed by atoms with E-state index in [9.17, 15) is 8.78 Å². The van der Waals surface area contributed by atoms with E-state index in [-0.39, 0.29) is 5.60 Å². The van der Waals surface area contributed by atoms with Crippen molar-refractivity contribution in [3.8, 4) is 5.75 Å². The number of rotatable bonds is 5. The molecule has 1 spiro atoms. The molecule has 0 aliphatic carbocycles. The Morgan fingerprint density at radius 2 is 2.16 bits per heavy atom. The van der Waals surface area contributed by atoms with Crippen molar-refractivity contribution in [1.82, 2.24) is 9.80 Å². The first-order valence-electron chi connectivity index (χ1n) is 8.99. The molecule has 0 unspecified atom stereocenters. The van der Waals surface area contributed by atoms with E-state index in [1.807, 2.05) is 0 Å². The standard InChI is InChI=1S/C19H26F2N2O2/c1-22(2)8-12-14-10-23(11-19(14)7-6-17(12)25-19)9-13-16(24-3)5-4-15(20)18(13)21/h4-5,12,14,17H,6-11H2,1-3H3/t12-,14+,17+,19+/m0/s1. The molecule has 0 aromatic heterocycles. The number of benzene rings is 1. The van der Waals surface area contributed by atoms with Gasteiger partial charge in [0.1, 0.15) is 5.75 Å². The maximum absolute atomic E-state index is 14.3. The number of fused-ring (bicyclic) bond motifs is 1. The molecule has 3 fully saturated rings. The second kappa shape index (κ2) is 6.18. The second-order valence-corrected chi connectivity index (χ2v) is 8.00. The lowest BCUT2D eigenvalue weighted by Crippen LogP contribution is -2.40. The van der Waals surface area contributed by atoms with E-state index in [1.54, 1.807) is 0 Å². The zero-order valence-corrected chi connectivity index (χ0v) is 15.1. The van der Waals surface area contributed by atoms with Crippen molar-refractivity contribution in [3.05, 3.63) is 29.3 Å². The maximum Gasteiger partial charge on any atom is 0.167 e. The van der Waals surface area contributed by atoms with Gasteiger partial charge in [-0.1, -0.05) is 0 Å². The van der Waals surface area contributed by atoms with Crippen LogP contribution in [0.1, 0.15) is 18.4 Å². The van der Waals surface area contributed by atoms with E-state index in [0.29, 0.717) is 35.8 Å². The van der Waals surface area contributed by atoms with E-state index in [2.05, 4.69) is 23.9 Å². The Bertz CT molecular complexity index is 669. The second-order valence-electron chi connectivity index (χ2n) is 8.00. The highest BCUT2D eigenvalue weighted by Gasteiger charge is 2.62. The quantitative estimate of drug-likeness (QED) is 0.813. The topological polar surface area (TPSA) is 24.9 Å². The molecule has 0 N–H and O–H groups in total. The summed E-state index contributed by atoms with van der Waals surface area (Å²) >= 11 is 0. The molecule has 1 aromatic carbocycles. The van der Waals surface area contributed by atoms with Gasteiger partial charge in [0.25, 0.3) is 0 Å². The third kappa shape index (κ3) is 2.75. The highest BCUT2D eigenvalue weighted by molar-refractivity contribution is 5.35. The summed E-state index contributed by atoms with van der Waals surface area (Å²) in [5.41, 5.74) is 0.208. The summed E-state index contributed by atoms with van der Waals surface area (Å²) in [4.78, 5) is 4.43. The molecule has 0 amide bonds. The number of nitrogens with zero attached hydrogens (tertiary/aromatic N) is 2. The van der Waals surface area contributed by atoms with Gasteiger partial charge in [0.15, 0.2) is 11.6 Å². The van der Waals surface area contributed by atoms with Crippen molar-refractivity contribution >= 4 is 0 Å². The van der Waals surface area contributed by atoms with E-state index in [1.165, 1.54) is 13.2 Å². The van der Waals surface area contributed by atoms with Crippen molar-refractivity contribution in [3.63, 3.8) is 0 Å². The first kappa shape index (κ1) is 17.2. The number of halogens is 2. The summed E-state index contributed by atoms with van der Waals surface area (Å²) < 4.78 is 39.6. The lowest BCUT2D eigenvalue weighted by molar-refractivity contribution is 0.00130. The van der Waals surface area contributed by atoms with Crippen LogP contribution in [0.15, 0.2) is 12.1 Å². The van der Waals surface area contributed by atoms with E-state index in [0.717, 1.165) is 38.5 Å². The largest absolute Gasteiger partial charge is 0.496 e. The number of ether oxygens (including phenoxy) is 2. The van der Waals surface area contributed by atoms with Crippen molar-refractivity contribution in [1.29, 1.82) is 0 Å². The molecule has 3 aliphatic heterocycles. The lowest BCUT2D eigenvalue weighted by atomic mass is 9.73. The van der Waals surface area contributed by atoms with Crippen LogP contribution in [0.4, 0.5) is 8.78 Å². The maximum atomic E-state index is 14.3. The molecule has 25 heavy (non-hydrogen) atoms. The predicted octanol–water partition coefficient (Wildman–Crippen LogP) is 2.51. The first-order valence-corrected chi connectivity index (χ1v) is 8.99. The third-order valence-corrected chi connectivity index (χ3v) is 6.19. The molecule has 0 saturated carbocycles. The molecular weight excluding hydrogens is 326 g/mol. The zero-order valence-electron chi connectivity index (χ0n) is 15.1. The van der Waals surface area contributed by atoms with Crippen molar-refractivity contribution in [2.24, 2.45) is 11.8 Å². The van der Waals surface area contributed by atoms with E-state index >= 15 is 0 Å². The Morgan fingerprint density at radius 1 is 1.36 bits per heavy atom. The Morgan fingerprint density at radius 3 is 2.88 bits per heavy atom. The molecule has 3 heterocycles. The molecule has 4 nitrogen and oxygen atoms in total. The van der Waals surface area contributed by atoms with Gasteiger partial charge in [-0.15, -0.1) is 0 Å². The van der Waals surface area contributed by atoms with Crippen molar-refractivity contribution in [2.75, 3.05) is 40.8 Å². The molecule has 4 rings (SSSR count). The number of methoxy groups -OCH3 is 1. The normalized spacial score (nSPS) is 34.1. The predicted molar refractivity (Wildman–Crippen MR) is 90.6 cm³/mol. The number of hydrogen-bond donors (Lipinski definition) is 0. The molecule has 4 atom stereocenters. The molecule has 0 radical (unpaired) electrons. The Kier molecular flexibility index (Phi) is 4.25. The van der Waals surface area contributed by atoms with Crippen molar-refractivity contribution < 1.29 is 18.3 Å². The smallest absolute Gasteiger partial charge is 0.167 e. The summed E-state index contributed by atoms with van der Waals surface area (Å²) in [5, 5.41) is 0. The van der Waals surface area contributed by atoms with Crippen LogP contribution < -0.4 is 4.74 Å². The Hall–Kier alpha value is -1.24. The fraction of sp³-hybridized carbons (Fsp3) is 0.684. The summed E-state index contributed by atoms with van der Waals surface area (Å²) in [6.07, 6.45) is 2.54. The van der Waals surface area contributed by atoms with Crippen LogP contribution >= 0.6 is 0 Å². The van der Waals surface area contributed by atoms with Gasteiger partial charge in [0, 0.05) is 43.6 Å². The first-order chi connectivity index (χ1) is 11.9. The highest BCUT2D eigenvalue weighted by atomic mass is 19.2.